The highest BCUT2D eigenvalue weighted by Crippen LogP contribution is 2.18. The monoisotopic (exact) mass is 184 g/mol. The fourth-order valence-corrected chi connectivity index (χ4v) is 1.03. The topological polar surface area (TPSA) is 15.7 Å². The molecular formula is C6H11F3N2O. The van der Waals surface area contributed by atoms with E-state index in [1.54, 1.807) is 0 Å². The van der Waals surface area contributed by atoms with E-state index in [1.807, 2.05) is 11.9 Å². The van der Waals surface area contributed by atoms with E-state index in [4.69, 9.17) is 0 Å². The van der Waals surface area contributed by atoms with Crippen molar-refractivity contribution in [3.8, 4) is 0 Å². The molecule has 0 bridgehead atoms. The lowest BCUT2D eigenvalue weighted by Crippen LogP contribution is -2.46. The number of piperazine rings is 1. The van der Waals surface area contributed by atoms with Crippen LogP contribution in [0.2, 0.25) is 0 Å². The summed E-state index contributed by atoms with van der Waals surface area (Å²) in [5.41, 5.74) is 0. The molecule has 0 aliphatic carbocycles. The number of hydroxylamine groups is 2. The van der Waals surface area contributed by atoms with E-state index in [9.17, 15) is 13.2 Å². The summed E-state index contributed by atoms with van der Waals surface area (Å²) in [5, 5.41) is 0.944. The third-order valence-corrected chi connectivity index (χ3v) is 1.69. The summed E-state index contributed by atoms with van der Waals surface area (Å²) in [6, 6.07) is 0. The Hall–Kier alpha value is -0.330. The van der Waals surface area contributed by atoms with Crippen LogP contribution in [0.1, 0.15) is 0 Å². The van der Waals surface area contributed by atoms with Crippen LogP contribution >= 0.6 is 0 Å². The third-order valence-electron chi connectivity index (χ3n) is 1.69. The van der Waals surface area contributed by atoms with E-state index in [2.05, 4.69) is 4.84 Å². The first-order valence-electron chi connectivity index (χ1n) is 3.67. The maximum absolute atomic E-state index is 11.7. The highest BCUT2D eigenvalue weighted by atomic mass is 19.4. The molecule has 0 aromatic rings. The van der Waals surface area contributed by atoms with Gasteiger partial charge in [0, 0.05) is 26.2 Å². The molecule has 1 aliphatic rings. The van der Waals surface area contributed by atoms with Crippen molar-refractivity contribution < 1.29 is 18.0 Å². The molecule has 12 heavy (non-hydrogen) atoms. The summed E-state index contributed by atoms with van der Waals surface area (Å²) in [4.78, 5) is 5.69. The molecule has 0 N–H and O–H groups in total. The van der Waals surface area contributed by atoms with Crippen LogP contribution in [0.5, 0.6) is 0 Å². The van der Waals surface area contributed by atoms with Gasteiger partial charge in [0.25, 0.3) is 0 Å². The summed E-state index contributed by atoms with van der Waals surface area (Å²) in [6.07, 6.45) is -4.55. The minimum atomic E-state index is -4.55. The van der Waals surface area contributed by atoms with Crippen LogP contribution in [0.3, 0.4) is 0 Å². The average molecular weight is 184 g/mol. The summed E-state index contributed by atoms with van der Waals surface area (Å²) in [6.45, 7) is 1.82. The van der Waals surface area contributed by atoms with Gasteiger partial charge in [0.1, 0.15) is 0 Å². The lowest BCUT2D eigenvalue weighted by molar-refractivity contribution is -0.417. The Labute approximate surface area is 68.6 Å². The van der Waals surface area contributed by atoms with Gasteiger partial charge < -0.3 is 4.90 Å². The summed E-state index contributed by atoms with van der Waals surface area (Å²) in [7, 11) is 1.87. The van der Waals surface area contributed by atoms with Gasteiger partial charge in [0.2, 0.25) is 0 Å². The Bertz CT molecular complexity index is 142. The summed E-state index contributed by atoms with van der Waals surface area (Å²) >= 11 is 0. The molecule has 0 aromatic carbocycles. The predicted octanol–water partition coefficient (Wildman–Crippen LogP) is 0.685. The second-order valence-electron chi connectivity index (χ2n) is 2.77. The lowest BCUT2D eigenvalue weighted by Gasteiger charge is -2.31. The van der Waals surface area contributed by atoms with Crippen molar-refractivity contribution in [1.29, 1.82) is 0 Å². The van der Waals surface area contributed by atoms with Crippen molar-refractivity contribution in [2.24, 2.45) is 0 Å². The molecule has 1 rings (SSSR count). The minimum absolute atomic E-state index is 0.302. The van der Waals surface area contributed by atoms with Gasteiger partial charge >= 0.3 is 6.36 Å². The number of hydrogen-bond acceptors (Lipinski definition) is 3. The maximum atomic E-state index is 11.7. The molecule has 72 valence electrons. The van der Waals surface area contributed by atoms with Crippen molar-refractivity contribution in [1.82, 2.24) is 9.96 Å². The number of rotatable bonds is 1. The first kappa shape index (κ1) is 9.76. The maximum Gasteiger partial charge on any atom is 0.539 e. The standard InChI is InChI=1S/C6H11F3N2O/c1-10-2-4-11(5-3-10)12-6(7,8)9/h2-5H2,1H3. The molecule has 0 spiro atoms. The van der Waals surface area contributed by atoms with Crippen molar-refractivity contribution in [2.45, 2.75) is 6.36 Å². The highest BCUT2D eigenvalue weighted by molar-refractivity contribution is 4.62. The molecule has 1 saturated heterocycles. The molecule has 0 saturated carbocycles. The van der Waals surface area contributed by atoms with Gasteiger partial charge in [-0.05, 0) is 7.05 Å². The van der Waals surface area contributed by atoms with E-state index in [1.165, 1.54) is 0 Å². The molecule has 0 radical (unpaired) electrons. The Morgan fingerprint density at radius 3 is 2.00 bits per heavy atom. The Morgan fingerprint density at radius 2 is 1.58 bits per heavy atom. The second kappa shape index (κ2) is 3.59. The largest absolute Gasteiger partial charge is 0.539 e. The molecule has 3 nitrogen and oxygen atoms in total. The highest BCUT2D eigenvalue weighted by Gasteiger charge is 2.34. The van der Waals surface area contributed by atoms with Crippen LogP contribution in [0.15, 0.2) is 0 Å². The zero-order valence-corrected chi connectivity index (χ0v) is 6.76. The zero-order valence-electron chi connectivity index (χ0n) is 6.76. The second-order valence-corrected chi connectivity index (χ2v) is 2.77. The van der Waals surface area contributed by atoms with Gasteiger partial charge in [-0.3, -0.25) is 0 Å². The molecule has 6 heteroatoms. The Kier molecular flexibility index (Phi) is 2.92. The molecule has 1 fully saturated rings. The van der Waals surface area contributed by atoms with Crippen molar-refractivity contribution in [2.75, 3.05) is 33.2 Å². The molecule has 0 aromatic heterocycles. The van der Waals surface area contributed by atoms with E-state index >= 15 is 0 Å². The molecule has 0 amide bonds. The van der Waals surface area contributed by atoms with Gasteiger partial charge in [-0.2, -0.15) is 5.06 Å². The van der Waals surface area contributed by atoms with Crippen LogP contribution in [0.25, 0.3) is 0 Å². The quantitative estimate of drug-likeness (QED) is 0.596. The van der Waals surface area contributed by atoms with Gasteiger partial charge in [0.15, 0.2) is 0 Å². The normalized spacial score (nSPS) is 23.0. The van der Waals surface area contributed by atoms with Crippen molar-refractivity contribution in [3.63, 3.8) is 0 Å². The SMILES string of the molecule is CN1CCN(OC(F)(F)F)CC1. The number of likely N-dealkylation sites (N-methyl/N-ethyl adjacent to an activating group) is 1. The lowest BCUT2D eigenvalue weighted by atomic mass is 10.4. The third kappa shape index (κ3) is 3.38. The van der Waals surface area contributed by atoms with Crippen molar-refractivity contribution in [3.05, 3.63) is 0 Å². The van der Waals surface area contributed by atoms with E-state index < -0.39 is 6.36 Å². The fraction of sp³-hybridized carbons (Fsp3) is 1.00. The molecule has 0 unspecified atom stereocenters. The molecule has 0 atom stereocenters. The number of hydrogen-bond donors (Lipinski definition) is 0. The fourth-order valence-electron chi connectivity index (χ4n) is 1.03. The van der Waals surface area contributed by atoms with Crippen LogP contribution in [-0.4, -0.2) is 49.6 Å². The van der Waals surface area contributed by atoms with Crippen LogP contribution < -0.4 is 0 Å². The first-order chi connectivity index (χ1) is 5.47. The molecule has 1 aliphatic heterocycles. The summed E-state index contributed by atoms with van der Waals surface area (Å²) in [5.74, 6) is 0. The predicted molar refractivity (Wildman–Crippen MR) is 36.2 cm³/mol. The van der Waals surface area contributed by atoms with Gasteiger partial charge in [0.05, 0.1) is 0 Å². The summed E-state index contributed by atoms with van der Waals surface area (Å²) < 4.78 is 35.0. The van der Waals surface area contributed by atoms with E-state index in [0.29, 0.717) is 26.2 Å². The Morgan fingerprint density at radius 1 is 1.08 bits per heavy atom. The van der Waals surface area contributed by atoms with E-state index in [-0.39, 0.29) is 0 Å². The zero-order chi connectivity index (χ0) is 9.19. The average Bonchev–Trinajstić information content (AvgIpc) is 1.91. The van der Waals surface area contributed by atoms with Gasteiger partial charge in [-0.25, -0.2) is 4.84 Å². The van der Waals surface area contributed by atoms with Crippen LogP contribution in [0, 0.1) is 0 Å². The van der Waals surface area contributed by atoms with Gasteiger partial charge in [-0.15, -0.1) is 13.2 Å². The van der Waals surface area contributed by atoms with Gasteiger partial charge in [-0.1, -0.05) is 0 Å². The first-order valence-corrected chi connectivity index (χ1v) is 3.67. The smallest absolute Gasteiger partial charge is 0.304 e. The molecule has 1 heterocycles. The number of halogens is 3. The molecular weight excluding hydrogens is 173 g/mol. The van der Waals surface area contributed by atoms with Crippen molar-refractivity contribution >= 4 is 0 Å². The van der Waals surface area contributed by atoms with E-state index in [0.717, 1.165) is 5.06 Å². The number of nitrogens with zero attached hydrogens (tertiary/aromatic N) is 2. The van der Waals surface area contributed by atoms with Crippen LogP contribution in [-0.2, 0) is 4.84 Å². The minimum Gasteiger partial charge on any atom is -0.304 e. The number of alkyl halides is 3. The Balaban J connectivity index is 2.26. The van der Waals surface area contributed by atoms with Crippen LogP contribution in [0.4, 0.5) is 13.2 Å².